The van der Waals surface area contributed by atoms with E-state index in [2.05, 4.69) is 6.92 Å². The van der Waals surface area contributed by atoms with Crippen LogP contribution in [0.3, 0.4) is 0 Å². The Morgan fingerprint density at radius 1 is 0.935 bits per heavy atom. The first-order valence-electron chi connectivity index (χ1n) is 11.6. The molecule has 0 aliphatic heterocycles. The van der Waals surface area contributed by atoms with Crippen molar-refractivity contribution in [2.24, 2.45) is 0 Å². The van der Waals surface area contributed by atoms with Gasteiger partial charge in [-0.1, -0.05) is 57.6 Å². The predicted molar refractivity (Wildman–Crippen MR) is 120 cm³/mol. The van der Waals surface area contributed by atoms with Crippen LogP contribution in [0, 0.1) is 0 Å². The number of carboxylic acid groups (broad SMARTS) is 1. The van der Waals surface area contributed by atoms with Crippen molar-refractivity contribution >= 4 is 17.7 Å². The van der Waals surface area contributed by atoms with Gasteiger partial charge in [0.25, 0.3) is 0 Å². The maximum absolute atomic E-state index is 11.8. The number of carbonyl (C=O) groups is 3. The first-order chi connectivity index (χ1) is 14.6. The van der Waals surface area contributed by atoms with Crippen molar-refractivity contribution in [1.82, 2.24) is 0 Å². The molecule has 0 saturated heterocycles. The van der Waals surface area contributed by atoms with Crippen molar-refractivity contribution in [3.63, 3.8) is 0 Å². The summed E-state index contributed by atoms with van der Waals surface area (Å²) < 4.78 is 4.86. The highest BCUT2D eigenvalue weighted by Gasteiger charge is 2.45. The number of esters is 1. The fourth-order valence-electron chi connectivity index (χ4n) is 3.20. The number of allylic oxidation sites excluding steroid dienone is 1. The van der Waals surface area contributed by atoms with Gasteiger partial charge in [0.2, 0.25) is 5.60 Å². The number of hydrogen-bond acceptors (Lipinski definition) is 6. The zero-order valence-corrected chi connectivity index (χ0v) is 19.5. The van der Waals surface area contributed by atoms with Gasteiger partial charge in [0.15, 0.2) is 0 Å². The number of ketones is 1. The molecule has 7 heteroatoms. The van der Waals surface area contributed by atoms with E-state index in [-0.39, 0.29) is 0 Å². The molecule has 0 aromatic carbocycles. The number of ether oxygens (including phenoxy) is 1. The second kappa shape index (κ2) is 16.9. The van der Waals surface area contributed by atoms with E-state index in [1.807, 2.05) is 0 Å². The smallest absolute Gasteiger partial charge is 0.339 e. The normalized spacial score (nSPS) is 14.5. The zero-order chi connectivity index (χ0) is 23.7. The summed E-state index contributed by atoms with van der Waals surface area (Å²) in [6, 6.07) is 0. The summed E-state index contributed by atoms with van der Waals surface area (Å²) in [6.45, 7) is 5.39. The van der Waals surface area contributed by atoms with Crippen molar-refractivity contribution in [2.45, 2.75) is 122 Å². The Balaban J connectivity index is 4.08. The molecule has 0 aliphatic rings. The number of unbranched alkanes of at least 4 members (excludes halogenated alkanes) is 8. The van der Waals surface area contributed by atoms with Gasteiger partial charge in [0.05, 0.1) is 12.5 Å². The Morgan fingerprint density at radius 2 is 1.48 bits per heavy atom. The van der Waals surface area contributed by atoms with E-state index in [1.54, 1.807) is 19.9 Å². The molecule has 31 heavy (non-hydrogen) atoms. The minimum atomic E-state index is -2.63. The lowest BCUT2D eigenvalue weighted by Gasteiger charge is -2.26. The van der Waals surface area contributed by atoms with Gasteiger partial charge < -0.3 is 20.1 Å². The number of aliphatic hydroxyl groups is 2. The fraction of sp³-hybridized carbons (Fsp3) is 0.792. The van der Waals surface area contributed by atoms with Crippen molar-refractivity contribution in [3.05, 3.63) is 12.2 Å². The second-order valence-corrected chi connectivity index (χ2v) is 8.47. The minimum Gasteiger partial charge on any atom is -0.479 e. The molecular weight excluding hydrogens is 400 g/mol. The van der Waals surface area contributed by atoms with E-state index in [0.717, 1.165) is 38.5 Å². The van der Waals surface area contributed by atoms with E-state index in [1.165, 1.54) is 25.3 Å². The standard InChI is InChI=1S/C24H42O7/c1-4-5-6-9-12-15-20(25)16-13-10-7-8-11-14-17-21(26)24(30,23(28)29)18-22(27)31-19(2)3/h14,17,19,21,26,30H,4-13,15-16,18H2,1-3H3,(H,28,29)/b17-14+/t21-,24-/m0/s1. The Bertz CT molecular complexity index is 556. The van der Waals surface area contributed by atoms with Crippen LogP contribution in [-0.4, -0.2) is 50.9 Å². The molecule has 0 saturated carbocycles. The van der Waals surface area contributed by atoms with Gasteiger partial charge in [-0.25, -0.2) is 4.79 Å². The molecule has 2 atom stereocenters. The van der Waals surface area contributed by atoms with Gasteiger partial charge in [0.1, 0.15) is 11.9 Å². The molecule has 0 aromatic heterocycles. The van der Waals surface area contributed by atoms with Gasteiger partial charge in [-0.2, -0.15) is 0 Å². The summed E-state index contributed by atoms with van der Waals surface area (Å²) in [7, 11) is 0. The van der Waals surface area contributed by atoms with E-state index in [4.69, 9.17) is 4.74 Å². The van der Waals surface area contributed by atoms with Crippen molar-refractivity contribution in [1.29, 1.82) is 0 Å². The summed E-state index contributed by atoms with van der Waals surface area (Å²) in [6.07, 6.45) is 11.1. The number of aliphatic carboxylic acids is 1. The van der Waals surface area contributed by atoms with Crippen LogP contribution in [0.15, 0.2) is 12.2 Å². The van der Waals surface area contributed by atoms with Crippen LogP contribution in [0.5, 0.6) is 0 Å². The lowest BCUT2D eigenvalue weighted by molar-refractivity contribution is -0.177. The highest BCUT2D eigenvalue weighted by atomic mass is 16.5. The monoisotopic (exact) mass is 442 g/mol. The van der Waals surface area contributed by atoms with E-state index < -0.39 is 36.2 Å². The van der Waals surface area contributed by atoms with Crippen molar-refractivity contribution in [3.8, 4) is 0 Å². The molecule has 0 amide bonds. The van der Waals surface area contributed by atoms with Crippen LogP contribution in [0.4, 0.5) is 0 Å². The third kappa shape index (κ3) is 14.0. The third-order valence-electron chi connectivity index (χ3n) is 5.09. The van der Waals surface area contributed by atoms with E-state index in [0.29, 0.717) is 25.0 Å². The largest absolute Gasteiger partial charge is 0.479 e. The number of carboxylic acids is 1. The molecule has 3 N–H and O–H groups in total. The summed E-state index contributed by atoms with van der Waals surface area (Å²) in [5.74, 6) is -2.23. The SMILES string of the molecule is CCCCCCCC(=O)CCCCCC/C=C/[C@H](O)[C@@](O)(CC(=O)OC(C)C)C(=O)O. The van der Waals surface area contributed by atoms with E-state index in [9.17, 15) is 29.7 Å². The molecule has 0 heterocycles. The average molecular weight is 443 g/mol. The molecule has 0 unspecified atom stereocenters. The summed E-state index contributed by atoms with van der Waals surface area (Å²) in [5, 5.41) is 29.6. The van der Waals surface area contributed by atoms with Crippen molar-refractivity contribution in [2.75, 3.05) is 0 Å². The molecule has 180 valence electrons. The Labute approximate surface area is 186 Å². The topological polar surface area (TPSA) is 121 Å². The number of Topliss-reactive ketones (excluding diaryl/α,β-unsaturated/α-hetero) is 1. The summed E-state index contributed by atoms with van der Waals surface area (Å²) >= 11 is 0. The van der Waals surface area contributed by atoms with Crippen LogP contribution in [0.2, 0.25) is 0 Å². The number of hydrogen-bond donors (Lipinski definition) is 3. The maximum Gasteiger partial charge on any atom is 0.339 e. The Kier molecular flexibility index (Phi) is 16.0. The number of carbonyl (C=O) groups excluding carboxylic acids is 2. The average Bonchev–Trinajstić information content (AvgIpc) is 2.68. The molecule has 0 bridgehead atoms. The molecule has 0 spiro atoms. The highest BCUT2D eigenvalue weighted by Crippen LogP contribution is 2.20. The Morgan fingerprint density at radius 3 is 2.00 bits per heavy atom. The molecular formula is C24H42O7. The molecule has 0 aliphatic carbocycles. The van der Waals surface area contributed by atoms with Crippen LogP contribution in [0.25, 0.3) is 0 Å². The molecule has 7 nitrogen and oxygen atoms in total. The van der Waals surface area contributed by atoms with Crippen LogP contribution in [-0.2, 0) is 19.1 Å². The second-order valence-electron chi connectivity index (χ2n) is 8.47. The molecule has 0 rings (SSSR count). The first-order valence-corrected chi connectivity index (χ1v) is 11.6. The first kappa shape index (κ1) is 29.3. The summed E-state index contributed by atoms with van der Waals surface area (Å²) in [4.78, 5) is 34.9. The zero-order valence-electron chi connectivity index (χ0n) is 19.5. The van der Waals surface area contributed by atoms with Gasteiger partial charge in [0, 0.05) is 12.8 Å². The van der Waals surface area contributed by atoms with Crippen LogP contribution < -0.4 is 0 Å². The quantitative estimate of drug-likeness (QED) is 0.155. The number of aliphatic hydroxyl groups excluding tert-OH is 1. The van der Waals surface area contributed by atoms with Crippen LogP contribution in [0.1, 0.15) is 104 Å². The Hall–Kier alpha value is -1.73. The molecule has 0 radical (unpaired) electrons. The van der Waals surface area contributed by atoms with Gasteiger partial charge in [-0.05, 0) is 39.5 Å². The van der Waals surface area contributed by atoms with Gasteiger partial charge in [-0.15, -0.1) is 0 Å². The van der Waals surface area contributed by atoms with Gasteiger partial charge in [-0.3, -0.25) is 9.59 Å². The van der Waals surface area contributed by atoms with Gasteiger partial charge >= 0.3 is 11.9 Å². The lowest BCUT2D eigenvalue weighted by Crippen LogP contribution is -2.50. The lowest BCUT2D eigenvalue weighted by atomic mass is 9.92. The molecule has 0 aromatic rings. The predicted octanol–water partition coefficient (Wildman–Crippen LogP) is 4.33. The van der Waals surface area contributed by atoms with E-state index >= 15 is 0 Å². The minimum absolute atomic E-state index is 0.337. The molecule has 0 fully saturated rings. The third-order valence-corrected chi connectivity index (χ3v) is 5.09. The van der Waals surface area contributed by atoms with Crippen molar-refractivity contribution < 1.29 is 34.4 Å². The number of rotatable bonds is 19. The maximum atomic E-state index is 11.8. The van der Waals surface area contributed by atoms with Crippen LogP contribution >= 0.6 is 0 Å². The summed E-state index contributed by atoms with van der Waals surface area (Å²) in [5.41, 5.74) is -2.63. The fourth-order valence-corrected chi connectivity index (χ4v) is 3.20. The highest BCUT2D eigenvalue weighted by molar-refractivity contribution is 5.85.